The Balaban J connectivity index is 2.03. The number of nitrogens with one attached hydrogen (secondary N) is 1. The zero-order valence-corrected chi connectivity index (χ0v) is 16.1. The predicted molar refractivity (Wildman–Crippen MR) is 106 cm³/mol. The third-order valence-electron chi connectivity index (χ3n) is 4.75. The fraction of sp³-hybridized carbons (Fsp3) is 0.381. The van der Waals surface area contributed by atoms with Gasteiger partial charge in [0.15, 0.2) is 0 Å². The van der Waals surface area contributed by atoms with Gasteiger partial charge in [-0.25, -0.2) is 0 Å². The number of hydrogen-bond acceptors (Lipinski definition) is 5. The van der Waals surface area contributed by atoms with Crippen molar-refractivity contribution in [3.05, 3.63) is 53.6 Å². The van der Waals surface area contributed by atoms with Crippen molar-refractivity contribution in [2.45, 2.75) is 32.4 Å². The number of phenolic OH excluding ortho intramolecular Hbond substituents is 1. The summed E-state index contributed by atoms with van der Waals surface area (Å²) >= 11 is 0. The van der Waals surface area contributed by atoms with Crippen LogP contribution in [0, 0.1) is 0 Å². The molecular formula is C21H28N2O4. The van der Waals surface area contributed by atoms with E-state index in [2.05, 4.69) is 36.2 Å². The molecule has 0 bridgehead atoms. The predicted octanol–water partition coefficient (Wildman–Crippen LogP) is 2.96. The Hall–Kier alpha value is -2.57. The van der Waals surface area contributed by atoms with Crippen LogP contribution in [0.4, 0.5) is 5.69 Å². The fourth-order valence-corrected chi connectivity index (χ4v) is 3.12. The standard InChI is InChI=1S/C21H28N2O4/c1-4-23(15(2)11-16-5-8-18(27-3)9-6-16)13-21(26)17-7-10-20(25)19(12-17)22-14-24/h5-10,12,14-15,21,25-26H,4,11,13H2,1-3H3,(H,22,24)/t15-,21+/m0/s1. The zero-order chi connectivity index (χ0) is 19.8. The highest BCUT2D eigenvalue weighted by molar-refractivity contribution is 5.75. The number of rotatable bonds is 10. The van der Waals surface area contributed by atoms with E-state index in [-0.39, 0.29) is 17.5 Å². The average Bonchev–Trinajstić information content (AvgIpc) is 2.68. The van der Waals surface area contributed by atoms with Gasteiger partial charge in [0, 0.05) is 12.6 Å². The number of amides is 1. The minimum Gasteiger partial charge on any atom is -0.506 e. The second-order valence-corrected chi connectivity index (χ2v) is 6.54. The van der Waals surface area contributed by atoms with Gasteiger partial charge in [0.1, 0.15) is 11.5 Å². The first kappa shape index (κ1) is 20.7. The lowest BCUT2D eigenvalue weighted by molar-refractivity contribution is -0.105. The van der Waals surface area contributed by atoms with Gasteiger partial charge < -0.3 is 20.3 Å². The van der Waals surface area contributed by atoms with Gasteiger partial charge in [-0.15, -0.1) is 0 Å². The highest BCUT2D eigenvalue weighted by Gasteiger charge is 2.19. The molecule has 146 valence electrons. The van der Waals surface area contributed by atoms with Crippen LogP contribution in [-0.2, 0) is 11.2 Å². The molecule has 0 aromatic heterocycles. The van der Waals surface area contributed by atoms with Gasteiger partial charge in [0.05, 0.1) is 18.9 Å². The van der Waals surface area contributed by atoms with Crippen LogP contribution < -0.4 is 10.1 Å². The lowest BCUT2D eigenvalue weighted by Gasteiger charge is -2.30. The summed E-state index contributed by atoms with van der Waals surface area (Å²) in [6.07, 6.45) is 0.634. The normalized spacial score (nSPS) is 13.2. The third kappa shape index (κ3) is 5.70. The summed E-state index contributed by atoms with van der Waals surface area (Å²) in [5.41, 5.74) is 2.14. The van der Waals surface area contributed by atoms with E-state index in [9.17, 15) is 15.0 Å². The molecule has 1 amide bonds. The highest BCUT2D eigenvalue weighted by Crippen LogP contribution is 2.27. The molecule has 0 radical (unpaired) electrons. The van der Waals surface area contributed by atoms with E-state index in [1.165, 1.54) is 11.6 Å². The van der Waals surface area contributed by atoms with Gasteiger partial charge in [0.25, 0.3) is 0 Å². The monoisotopic (exact) mass is 372 g/mol. The second-order valence-electron chi connectivity index (χ2n) is 6.54. The number of carbonyl (C=O) groups is 1. The number of phenols is 1. The molecule has 0 saturated carbocycles. The number of nitrogens with zero attached hydrogens (tertiary/aromatic N) is 1. The molecule has 0 unspecified atom stereocenters. The number of carbonyl (C=O) groups excluding carboxylic acids is 1. The zero-order valence-electron chi connectivity index (χ0n) is 16.1. The summed E-state index contributed by atoms with van der Waals surface area (Å²) in [6, 6.07) is 13.0. The maximum absolute atomic E-state index is 10.6. The van der Waals surface area contributed by atoms with Crippen molar-refractivity contribution >= 4 is 12.1 Å². The molecule has 0 aliphatic carbocycles. The summed E-state index contributed by atoms with van der Waals surface area (Å²) in [4.78, 5) is 12.8. The van der Waals surface area contributed by atoms with Gasteiger partial charge in [-0.3, -0.25) is 9.69 Å². The molecule has 2 rings (SSSR count). The molecule has 0 aliphatic heterocycles. The molecule has 2 aromatic carbocycles. The van der Waals surface area contributed by atoms with Crippen molar-refractivity contribution in [1.29, 1.82) is 0 Å². The number of likely N-dealkylation sites (N-methyl/N-ethyl adjacent to an activating group) is 1. The molecule has 6 heteroatoms. The molecule has 2 atom stereocenters. The van der Waals surface area contributed by atoms with Crippen LogP contribution in [0.15, 0.2) is 42.5 Å². The molecule has 2 aromatic rings. The fourth-order valence-electron chi connectivity index (χ4n) is 3.12. The largest absolute Gasteiger partial charge is 0.506 e. The Labute approximate surface area is 160 Å². The van der Waals surface area contributed by atoms with Gasteiger partial charge in [-0.2, -0.15) is 0 Å². The van der Waals surface area contributed by atoms with Crippen LogP contribution in [0.3, 0.4) is 0 Å². The van der Waals surface area contributed by atoms with Gasteiger partial charge in [0.2, 0.25) is 6.41 Å². The number of benzene rings is 2. The molecule has 27 heavy (non-hydrogen) atoms. The number of aliphatic hydroxyl groups excluding tert-OH is 1. The average molecular weight is 372 g/mol. The summed E-state index contributed by atoms with van der Waals surface area (Å²) < 4.78 is 5.19. The third-order valence-corrected chi connectivity index (χ3v) is 4.75. The summed E-state index contributed by atoms with van der Waals surface area (Å²) in [5.74, 6) is 0.805. The van der Waals surface area contributed by atoms with E-state index in [1.807, 2.05) is 12.1 Å². The Morgan fingerprint density at radius 1 is 1.22 bits per heavy atom. The molecule has 0 heterocycles. The van der Waals surface area contributed by atoms with Crippen LogP contribution in [0.1, 0.15) is 31.1 Å². The molecule has 0 spiro atoms. The summed E-state index contributed by atoms with van der Waals surface area (Å²) in [6.45, 7) is 5.45. The summed E-state index contributed by atoms with van der Waals surface area (Å²) in [7, 11) is 1.65. The first-order chi connectivity index (χ1) is 13.0. The summed E-state index contributed by atoms with van der Waals surface area (Å²) in [5, 5.41) is 22.8. The number of aromatic hydroxyl groups is 1. The van der Waals surface area contributed by atoms with Crippen molar-refractivity contribution in [3.8, 4) is 11.5 Å². The Morgan fingerprint density at radius 2 is 1.93 bits per heavy atom. The molecule has 6 nitrogen and oxygen atoms in total. The lowest BCUT2D eigenvalue weighted by atomic mass is 10.0. The van der Waals surface area contributed by atoms with Crippen molar-refractivity contribution in [3.63, 3.8) is 0 Å². The van der Waals surface area contributed by atoms with E-state index in [0.717, 1.165) is 18.7 Å². The molecule has 0 saturated heterocycles. The van der Waals surface area contributed by atoms with Crippen molar-refractivity contribution in [2.24, 2.45) is 0 Å². The minimum absolute atomic E-state index is 0.0294. The number of hydrogen-bond donors (Lipinski definition) is 3. The number of ether oxygens (including phenoxy) is 1. The van der Waals surface area contributed by atoms with Gasteiger partial charge >= 0.3 is 0 Å². The van der Waals surface area contributed by atoms with Crippen molar-refractivity contribution < 1.29 is 19.7 Å². The van der Waals surface area contributed by atoms with Crippen LogP contribution in [-0.4, -0.2) is 47.8 Å². The van der Waals surface area contributed by atoms with E-state index in [4.69, 9.17) is 4.74 Å². The topological polar surface area (TPSA) is 82.0 Å². The molecule has 0 fully saturated rings. The van der Waals surface area contributed by atoms with E-state index in [1.54, 1.807) is 19.2 Å². The SMILES string of the molecule is CCN(C[C@@H](O)c1ccc(O)c(NC=O)c1)[C@@H](C)Cc1ccc(OC)cc1. The lowest BCUT2D eigenvalue weighted by Crippen LogP contribution is -2.37. The number of anilines is 1. The maximum Gasteiger partial charge on any atom is 0.211 e. The first-order valence-electron chi connectivity index (χ1n) is 9.06. The van der Waals surface area contributed by atoms with Crippen molar-refractivity contribution in [1.82, 2.24) is 4.90 Å². The van der Waals surface area contributed by atoms with Crippen LogP contribution in [0.2, 0.25) is 0 Å². The van der Waals surface area contributed by atoms with Gasteiger partial charge in [-0.1, -0.05) is 25.1 Å². The maximum atomic E-state index is 10.6. The highest BCUT2D eigenvalue weighted by atomic mass is 16.5. The van der Waals surface area contributed by atoms with Crippen LogP contribution in [0.25, 0.3) is 0 Å². The van der Waals surface area contributed by atoms with E-state index in [0.29, 0.717) is 18.5 Å². The Kier molecular flexibility index (Phi) is 7.64. The van der Waals surface area contributed by atoms with Gasteiger partial charge in [-0.05, 0) is 55.3 Å². The second kappa shape index (κ2) is 9.94. The number of methoxy groups -OCH3 is 1. The minimum atomic E-state index is -0.726. The Morgan fingerprint density at radius 3 is 2.52 bits per heavy atom. The van der Waals surface area contributed by atoms with Crippen LogP contribution in [0.5, 0.6) is 11.5 Å². The van der Waals surface area contributed by atoms with E-state index >= 15 is 0 Å². The van der Waals surface area contributed by atoms with Crippen LogP contribution >= 0.6 is 0 Å². The molecule has 3 N–H and O–H groups in total. The molecular weight excluding hydrogens is 344 g/mol. The van der Waals surface area contributed by atoms with E-state index < -0.39 is 6.10 Å². The first-order valence-corrected chi connectivity index (χ1v) is 9.06. The number of aliphatic hydroxyl groups is 1. The van der Waals surface area contributed by atoms with Crippen molar-refractivity contribution in [2.75, 3.05) is 25.5 Å². The Bertz CT molecular complexity index is 733. The quantitative estimate of drug-likeness (QED) is 0.441. The smallest absolute Gasteiger partial charge is 0.211 e. The molecule has 0 aliphatic rings.